The van der Waals surface area contributed by atoms with Gasteiger partial charge in [-0.15, -0.1) is 0 Å². The Morgan fingerprint density at radius 1 is 1.52 bits per heavy atom. The molecule has 1 aliphatic heterocycles. The number of nitrogens with one attached hydrogen (secondary N) is 1. The topological polar surface area (TPSA) is 45.2 Å². The monoisotopic (exact) mass is 307 g/mol. The highest BCUT2D eigenvalue weighted by Crippen LogP contribution is 2.33. The van der Waals surface area contributed by atoms with Crippen LogP contribution in [-0.2, 0) is 4.79 Å². The van der Waals surface area contributed by atoms with Gasteiger partial charge in [-0.3, -0.25) is 4.79 Å². The molecule has 2 heterocycles. The number of carbonyl (C=O) groups excluding carboxylic acids is 1. The second-order valence-electron chi connectivity index (χ2n) is 5.35. The van der Waals surface area contributed by atoms with Crippen LogP contribution in [0.15, 0.2) is 18.2 Å². The van der Waals surface area contributed by atoms with Gasteiger partial charge in [0.25, 0.3) is 0 Å². The fourth-order valence-corrected chi connectivity index (χ4v) is 3.36. The van der Waals surface area contributed by atoms with Gasteiger partial charge in [-0.25, -0.2) is 9.37 Å². The molecule has 0 spiro atoms. The summed E-state index contributed by atoms with van der Waals surface area (Å²) in [6.45, 7) is 4.25. The van der Waals surface area contributed by atoms with Crippen molar-refractivity contribution in [2.24, 2.45) is 5.92 Å². The summed E-state index contributed by atoms with van der Waals surface area (Å²) in [7, 11) is 0. The first-order chi connectivity index (χ1) is 10.2. The summed E-state index contributed by atoms with van der Waals surface area (Å²) in [5, 5.41) is 3.83. The van der Waals surface area contributed by atoms with Crippen molar-refractivity contribution >= 4 is 32.6 Å². The summed E-state index contributed by atoms with van der Waals surface area (Å²) in [6, 6.07) is 4.62. The second-order valence-corrected chi connectivity index (χ2v) is 6.36. The molecule has 3 rings (SSSR count). The third-order valence-corrected chi connectivity index (χ3v) is 4.77. The van der Waals surface area contributed by atoms with E-state index in [1.165, 1.54) is 23.5 Å². The van der Waals surface area contributed by atoms with E-state index >= 15 is 0 Å². The SMILES string of the molecule is CCCCNC(=O)C1CN(c2nc3ccc(F)cc3s2)C1. The number of carbonyl (C=O) groups is 1. The average Bonchev–Trinajstić information content (AvgIpc) is 2.79. The number of hydrogen-bond acceptors (Lipinski definition) is 4. The van der Waals surface area contributed by atoms with Crippen LogP contribution in [0.1, 0.15) is 19.8 Å². The van der Waals surface area contributed by atoms with Crippen LogP contribution >= 0.6 is 11.3 Å². The highest BCUT2D eigenvalue weighted by molar-refractivity contribution is 7.22. The molecule has 0 atom stereocenters. The molecule has 1 amide bonds. The number of unbranched alkanes of at least 4 members (excludes halogenated alkanes) is 1. The van der Waals surface area contributed by atoms with Gasteiger partial charge in [-0.1, -0.05) is 24.7 Å². The number of thiazole rings is 1. The molecule has 1 aromatic heterocycles. The first-order valence-electron chi connectivity index (χ1n) is 7.26. The Hall–Kier alpha value is -1.69. The molecular weight excluding hydrogens is 289 g/mol. The molecule has 21 heavy (non-hydrogen) atoms. The second kappa shape index (κ2) is 5.97. The normalized spacial score (nSPS) is 15.2. The first kappa shape index (κ1) is 14.3. The van der Waals surface area contributed by atoms with E-state index in [-0.39, 0.29) is 17.6 Å². The van der Waals surface area contributed by atoms with Gasteiger partial charge in [0.1, 0.15) is 5.82 Å². The zero-order valence-electron chi connectivity index (χ0n) is 11.9. The zero-order chi connectivity index (χ0) is 14.8. The Kier molecular flexibility index (Phi) is 4.05. The van der Waals surface area contributed by atoms with Crippen LogP contribution in [0.25, 0.3) is 10.2 Å². The van der Waals surface area contributed by atoms with Crippen molar-refractivity contribution in [2.75, 3.05) is 24.5 Å². The standard InChI is InChI=1S/C15H18FN3OS/c1-2-3-6-17-14(20)10-8-19(9-10)15-18-12-5-4-11(16)7-13(12)21-15/h4-5,7,10H,2-3,6,8-9H2,1H3,(H,17,20). The van der Waals surface area contributed by atoms with Crippen molar-refractivity contribution in [3.8, 4) is 0 Å². The van der Waals surface area contributed by atoms with E-state index in [2.05, 4.69) is 22.1 Å². The van der Waals surface area contributed by atoms with Crippen LogP contribution < -0.4 is 10.2 Å². The maximum atomic E-state index is 13.2. The molecule has 0 bridgehead atoms. The third kappa shape index (κ3) is 3.00. The molecule has 6 heteroatoms. The molecule has 1 N–H and O–H groups in total. The molecule has 1 aliphatic rings. The first-order valence-corrected chi connectivity index (χ1v) is 8.07. The van der Waals surface area contributed by atoms with E-state index in [4.69, 9.17) is 0 Å². The van der Waals surface area contributed by atoms with Crippen molar-refractivity contribution in [1.29, 1.82) is 0 Å². The molecule has 0 aliphatic carbocycles. The van der Waals surface area contributed by atoms with Gasteiger partial charge >= 0.3 is 0 Å². The van der Waals surface area contributed by atoms with E-state index in [0.29, 0.717) is 13.1 Å². The average molecular weight is 307 g/mol. The van der Waals surface area contributed by atoms with Gasteiger partial charge in [-0.05, 0) is 24.6 Å². The maximum absolute atomic E-state index is 13.2. The van der Waals surface area contributed by atoms with Gasteiger partial charge in [0.05, 0.1) is 16.1 Å². The molecule has 0 radical (unpaired) electrons. The minimum atomic E-state index is -0.241. The fraction of sp³-hybridized carbons (Fsp3) is 0.467. The molecule has 112 valence electrons. The Labute approximate surface area is 127 Å². The number of amides is 1. The lowest BCUT2D eigenvalue weighted by Crippen LogP contribution is -2.53. The van der Waals surface area contributed by atoms with Crippen LogP contribution in [-0.4, -0.2) is 30.5 Å². The van der Waals surface area contributed by atoms with Gasteiger partial charge in [-0.2, -0.15) is 0 Å². The predicted octanol–water partition coefficient (Wildman–Crippen LogP) is 2.79. The van der Waals surface area contributed by atoms with E-state index in [0.717, 1.165) is 34.7 Å². The minimum absolute atomic E-state index is 0.0469. The Bertz CT molecular complexity index is 651. The number of rotatable bonds is 5. The fourth-order valence-electron chi connectivity index (χ4n) is 2.35. The molecular formula is C15H18FN3OS. The lowest BCUT2D eigenvalue weighted by atomic mass is 10.00. The summed E-state index contributed by atoms with van der Waals surface area (Å²) in [6.07, 6.45) is 2.10. The summed E-state index contributed by atoms with van der Waals surface area (Å²) >= 11 is 1.47. The molecule has 0 unspecified atom stereocenters. The van der Waals surface area contributed by atoms with Crippen molar-refractivity contribution < 1.29 is 9.18 Å². The van der Waals surface area contributed by atoms with E-state index in [1.807, 2.05) is 0 Å². The predicted molar refractivity (Wildman–Crippen MR) is 83.2 cm³/mol. The van der Waals surface area contributed by atoms with Gasteiger partial charge < -0.3 is 10.2 Å². The van der Waals surface area contributed by atoms with Crippen LogP contribution in [0, 0.1) is 11.7 Å². The Morgan fingerprint density at radius 3 is 3.10 bits per heavy atom. The largest absolute Gasteiger partial charge is 0.356 e. The smallest absolute Gasteiger partial charge is 0.226 e. The Balaban J connectivity index is 1.58. The van der Waals surface area contributed by atoms with Crippen LogP contribution in [0.2, 0.25) is 0 Å². The molecule has 1 saturated heterocycles. The number of benzene rings is 1. The molecule has 2 aromatic rings. The highest BCUT2D eigenvalue weighted by Gasteiger charge is 2.34. The summed E-state index contributed by atoms with van der Waals surface area (Å²) in [4.78, 5) is 18.5. The quantitative estimate of drug-likeness (QED) is 0.864. The highest BCUT2D eigenvalue weighted by atomic mass is 32.1. The number of anilines is 1. The van der Waals surface area contributed by atoms with Gasteiger partial charge in [0, 0.05) is 19.6 Å². The van der Waals surface area contributed by atoms with Crippen molar-refractivity contribution in [3.05, 3.63) is 24.0 Å². The van der Waals surface area contributed by atoms with Crippen LogP contribution in [0.4, 0.5) is 9.52 Å². The van der Waals surface area contributed by atoms with Crippen molar-refractivity contribution in [1.82, 2.24) is 10.3 Å². The van der Waals surface area contributed by atoms with Gasteiger partial charge in [0.15, 0.2) is 5.13 Å². The zero-order valence-corrected chi connectivity index (χ0v) is 12.8. The number of nitrogens with zero attached hydrogens (tertiary/aromatic N) is 2. The molecule has 1 fully saturated rings. The summed E-state index contributed by atoms with van der Waals surface area (Å²) in [5.74, 6) is -0.0630. The summed E-state index contributed by atoms with van der Waals surface area (Å²) < 4.78 is 14.0. The third-order valence-electron chi connectivity index (χ3n) is 3.69. The van der Waals surface area contributed by atoms with E-state index in [1.54, 1.807) is 6.07 Å². The lowest BCUT2D eigenvalue weighted by Gasteiger charge is -2.37. The van der Waals surface area contributed by atoms with E-state index < -0.39 is 0 Å². The Morgan fingerprint density at radius 2 is 2.33 bits per heavy atom. The van der Waals surface area contributed by atoms with Crippen LogP contribution in [0.5, 0.6) is 0 Å². The minimum Gasteiger partial charge on any atom is -0.356 e. The van der Waals surface area contributed by atoms with Crippen LogP contribution in [0.3, 0.4) is 0 Å². The molecule has 0 saturated carbocycles. The number of halogens is 1. The van der Waals surface area contributed by atoms with Gasteiger partial charge in [0.2, 0.25) is 5.91 Å². The number of fused-ring (bicyclic) bond motifs is 1. The molecule has 4 nitrogen and oxygen atoms in total. The van der Waals surface area contributed by atoms with Crippen molar-refractivity contribution in [3.63, 3.8) is 0 Å². The van der Waals surface area contributed by atoms with Crippen molar-refractivity contribution in [2.45, 2.75) is 19.8 Å². The maximum Gasteiger partial charge on any atom is 0.226 e. The summed E-state index contributed by atoms with van der Waals surface area (Å²) in [5.41, 5.74) is 0.812. The lowest BCUT2D eigenvalue weighted by molar-refractivity contribution is -0.125. The molecule has 1 aromatic carbocycles. The number of aromatic nitrogens is 1. The number of hydrogen-bond donors (Lipinski definition) is 1. The van der Waals surface area contributed by atoms with E-state index in [9.17, 15) is 9.18 Å².